The SMILES string of the molecule is CC(CNc1ccc2c(c1)OC(F)(F)O2)C(N)=O. The van der Waals surface area contributed by atoms with Crippen molar-refractivity contribution in [3.8, 4) is 11.5 Å². The first-order valence-electron chi connectivity index (χ1n) is 5.30. The zero-order valence-corrected chi connectivity index (χ0v) is 9.57. The van der Waals surface area contributed by atoms with Crippen LogP contribution in [-0.2, 0) is 4.79 Å². The summed E-state index contributed by atoms with van der Waals surface area (Å²) in [6, 6.07) is 4.30. The van der Waals surface area contributed by atoms with Gasteiger partial charge in [0.15, 0.2) is 11.5 Å². The Bertz CT molecular complexity index is 479. The fourth-order valence-corrected chi connectivity index (χ4v) is 1.43. The maximum atomic E-state index is 12.8. The third-order valence-corrected chi connectivity index (χ3v) is 2.50. The van der Waals surface area contributed by atoms with Crippen LogP contribution in [0.1, 0.15) is 6.92 Å². The molecule has 0 aromatic heterocycles. The summed E-state index contributed by atoms with van der Waals surface area (Å²) in [6.07, 6.45) is -3.62. The van der Waals surface area contributed by atoms with E-state index >= 15 is 0 Å². The first-order chi connectivity index (χ1) is 8.37. The van der Waals surface area contributed by atoms with Gasteiger partial charge in [-0.1, -0.05) is 6.92 Å². The van der Waals surface area contributed by atoms with Crippen molar-refractivity contribution in [3.63, 3.8) is 0 Å². The van der Waals surface area contributed by atoms with Gasteiger partial charge in [0, 0.05) is 18.3 Å². The molecule has 3 N–H and O–H groups in total. The Morgan fingerprint density at radius 3 is 2.78 bits per heavy atom. The summed E-state index contributed by atoms with van der Waals surface area (Å²) in [4.78, 5) is 10.8. The molecule has 0 fully saturated rings. The van der Waals surface area contributed by atoms with Gasteiger partial charge in [0.1, 0.15) is 0 Å². The summed E-state index contributed by atoms with van der Waals surface area (Å²) in [6.45, 7) is 1.97. The van der Waals surface area contributed by atoms with Crippen molar-refractivity contribution in [1.29, 1.82) is 0 Å². The van der Waals surface area contributed by atoms with Crippen LogP contribution in [0.3, 0.4) is 0 Å². The first-order valence-corrected chi connectivity index (χ1v) is 5.30. The third kappa shape index (κ3) is 2.61. The van der Waals surface area contributed by atoms with Crippen molar-refractivity contribution in [2.45, 2.75) is 13.2 Å². The van der Waals surface area contributed by atoms with Crippen LogP contribution < -0.4 is 20.5 Å². The lowest BCUT2D eigenvalue weighted by Crippen LogP contribution is -2.26. The van der Waals surface area contributed by atoms with E-state index in [1.54, 1.807) is 13.0 Å². The van der Waals surface area contributed by atoms with Crippen molar-refractivity contribution in [2.24, 2.45) is 11.7 Å². The second kappa shape index (κ2) is 4.32. The molecule has 0 spiro atoms. The minimum absolute atomic E-state index is 0.0199. The van der Waals surface area contributed by atoms with Gasteiger partial charge >= 0.3 is 6.29 Å². The maximum Gasteiger partial charge on any atom is 0.586 e. The van der Waals surface area contributed by atoms with Crippen LogP contribution in [0.25, 0.3) is 0 Å². The Balaban J connectivity index is 2.03. The van der Waals surface area contributed by atoms with Crippen LogP contribution in [0.5, 0.6) is 11.5 Å². The Kier molecular flexibility index (Phi) is 2.98. The van der Waals surface area contributed by atoms with Gasteiger partial charge in [0.25, 0.3) is 0 Å². The lowest BCUT2D eigenvalue weighted by atomic mass is 10.1. The summed E-state index contributed by atoms with van der Waals surface area (Å²) in [5, 5.41) is 2.90. The summed E-state index contributed by atoms with van der Waals surface area (Å²) < 4.78 is 34.1. The fraction of sp³-hybridized carbons (Fsp3) is 0.364. The number of hydrogen-bond acceptors (Lipinski definition) is 4. The molecule has 1 amide bonds. The Hall–Kier alpha value is -2.05. The number of carbonyl (C=O) groups excluding carboxylic acids is 1. The first kappa shape index (κ1) is 12.4. The number of hydrogen-bond donors (Lipinski definition) is 2. The zero-order valence-electron chi connectivity index (χ0n) is 9.57. The molecule has 1 unspecified atom stereocenters. The van der Waals surface area contributed by atoms with E-state index < -0.39 is 12.2 Å². The number of carbonyl (C=O) groups is 1. The number of ether oxygens (including phenoxy) is 2. The van der Waals surface area contributed by atoms with Crippen molar-refractivity contribution >= 4 is 11.6 Å². The van der Waals surface area contributed by atoms with E-state index in [0.29, 0.717) is 12.2 Å². The normalized spacial score (nSPS) is 17.3. The number of benzene rings is 1. The molecule has 2 rings (SSSR count). The van der Waals surface area contributed by atoms with Crippen LogP contribution in [0.2, 0.25) is 0 Å². The van der Waals surface area contributed by atoms with Gasteiger partial charge in [-0.05, 0) is 12.1 Å². The average molecular weight is 258 g/mol. The summed E-state index contributed by atoms with van der Waals surface area (Å²) in [7, 11) is 0. The molecule has 7 heteroatoms. The van der Waals surface area contributed by atoms with E-state index in [1.165, 1.54) is 12.1 Å². The molecule has 1 aromatic carbocycles. The molecule has 98 valence electrons. The van der Waals surface area contributed by atoms with Crippen molar-refractivity contribution in [2.75, 3.05) is 11.9 Å². The Morgan fingerprint density at radius 2 is 2.11 bits per heavy atom. The lowest BCUT2D eigenvalue weighted by molar-refractivity contribution is -0.286. The molecule has 0 radical (unpaired) electrons. The highest BCUT2D eigenvalue weighted by atomic mass is 19.3. The molecule has 1 aliphatic rings. The van der Waals surface area contributed by atoms with Crippen molar-refractivity contribution in [1.82, 2.24) is 0 Å². The molecule has 5 nitrogen and oxygen atoms in total. The predicted molar refractivity (Wildman–Crippen MR) is 59.5 cm³/mol. The van der Waals surface area contributed by atoms with Gasteiger partial charge in [-0.2, -0.15) is 0 Å². The molecule has 0 aliphatic carbocycles. The quantitative estimate of drug-likeness (QED) is 0.859. The molecular formula is C11H12F2N2O3. The van der Waals surface area contributed by atoms with Gasteiger partial charge in [-0.15, -0.1) is 8.78 Å². The number of nitrogens with two attached hydrogens (primary N) is 1. The third-order valence-electron chi connectivity index (χ3n) is 2.50. The van der Waals surface area contributed by atoms with Crippen LogP contribution in [-0.4, -0.2) is 18.7 Å². The van der Waals surface area contributed by atoms with Crippen LogP contribution >= 0.6 is 0 Å². The van der Waals surface area contributed by atoms with Crippen molar-refractivity contribution < 1.29 is 23.0 Å². The van der Waals surface area contributed by atoms with Gasteiger partial charge < -0.3 is 20.5 Å². The van der Waals surface area contributed by atoms with Gasteiger partial charge in [0.2, 0.25) is 5.91 Å². The highest BCUT2D eigenvalue weighted by molar-refractivity contribution is 5.76. The van der Waals surface area contributed by atoms with E-state index in [9.17, 15) is 13.6 Å². The second-order valence-electron chi connectivity index (χ2n) is 4.01. The van der Waals surface area contributed by atoms with Gasteiger partial charge in [-0.25, -0.2) is 0 Å². The number of alkyl halides is 2. The second-order valence-corrected chi connectivity index (χ2v) is 4.01. The number of fused-ring (bicyclic) bond motifs is 1. The Morgan fingerprint density at radius 1 is 1.44 bits per heavy atom. The zero-order chi connectivity index (χ0) is 13.3. The topological polar surface area (TPSA) is 73.6 Å². The number of anilines is 1. The molecule has 1 heterocycles. The van der Waals surface area contributed by atoms with Crippen LogP contribution in [0.15, 0.2) is 18.2 Å². The Labute approximate surface area is 102 Å². The number of nitrogens with one attached hydrogen (secondary N) is 1. The molecule has 0 saturated carbocycles. The lowest BCUT2D eigenvalue weighted by Gasteiger charge is -2.10. The van der Waals surface area contributed by atoms with E-state index in [0.717, 1.165) is 0 Å². The van der Waals surface area contributed by atoms with Gasteiger partial charge in [0.05, 0.1) is 5.92 Å². The van der Waals surface area contributed by atoms with Gasteiger partial charge in [-0.3, -0.25) is 4.79 Å². The molecule has 18 heavy (non-hydrogen) atoms. The standard InChI is InChI=1S/C11H12F2N2O3/c1-6(10(14)16)5-15-7-2-3-8-9(4-7)18-11(12,13)17-8/h2-4,6,15H,5H2,1H3,(H2,14,16). The van der Waals surface area contributed by atoms with Crippen molar-refractivity contribution in [3.05, 3.63) is 18.2 Å². The van der Waals surface area contributed by atoms with E-state index in [1.807, 2.05) is 0 Å². The van der Waals surface area contributed by atoms with E-state index in [2.05, 4.69) is 14.8 Å². The van der Waals surface area contributed by atoms with Crippen LogP contribution in [0, 0.1) is 5.92 Å². The number of primary amides is 1. The van der Waals surface area contributed by atoms with Crippen LogP contribution in [0.4, 0.5) is 14.5 Å². The molecule has 0 bridgehead atoms. The molecule has 1 atom stereocenters. The molecule has 0 saturated heterocycles. The minimum Gasteiger partial charge on any atom is -0.395 e. The number of halogens is 2. The van der Waals surface area contributed by atoms with E-state index in [-0.39, 0.29) is 17.4 Å². The van der Waals surface area contributed by atoms with E-state index in [4.69, 9.17) is 5.73 Å². The summed E-state index contributed by atoms with van der Waals surface area (Å²) in [5.41, 5.74) is 5.65. The number of amides is 1. The highest BCUT2D eigenvalue weighted by Gasteiger charge is 2.43. The molecule has 1 aliphatic heterocycles. The monoisotopic (exact) mass is 258 g/mol. The average Bonchev–Trinajstić information content (AvgIpc) is 2.58. The molecule has 1 aromatic rings. The number of rotatable bonds is 4. The smallest absolute Gasteiger partial charge is 0.395 e. The summed E-state index contributed by atoms with van der Waals surface area (Å²) >= 11 is 0. The summed E-state index contributed by atoms with van der Waals surface area (Å²) in [5.74, 6) is -0.864. The highest BCUT2D eigenvalue weighted by Crippen LogP contribution is 2.42. The fourth-order valence-electron chi connectivity index (χ4n) is 1.43. The molecular weight excluding hydrogens is 246 g/mol. The predicted octanol–water partition coefficient (Wildman–Crippen LogP) is 1.54. The maximum absolute atomic E-state index is 12.8. The minimum atomic E-state index is -3.62. The largest absolute Gasteiger partial charge is 0.586 e.